The molecular formula is C14H26N2O. The van der Waals surface area contributed by atoms with Gasteiger partial charge in [-0.05, 0) is 43.9 Å². The molecule has 0 bridgehead atoms. The summed E-state index contributed by atoms with van der Waals surface area (Å²) in [5.74, 6) is 1.58. The Morgan fingerprint density at radius 1 is 0.824 bits per heavy atom. The van der Waals surface area contributed by atoms with E-state index in [9.17, 15) is 4.79 Å². The molecule has 2 aliphatic rings. The summed E-state index contributed by atoms with van der Waals surface area (Å²) in [4.78, 5) is 16.5. The summed E-state index contributed by atoms with van der Waals surface area (Å²) >= 11 is 0. The Morgan fingerprint density at radius 3 is 1.88 bits per heavy atom. The molecule has 3 heteroatoms. The number of urea groups is 1. The molecule has 1 atom stereocenters. The molecular weight excluding hydrogens is 212 g/mol. The van der Waals surface area contributed by atoms with Gasteiger partial charge in [0.25, 0.3) is 0 Å². The van der Waals surface area contributed by atoms with Crippen LogP contribution in [0, 0.1) is 11.8 Å². The summed E-state index contributed by atoms with van der Waals surface area (Å²) in [6.07, 6.45) is 5.99. The van der Waals surface area contributed by atoms with Crippen LogP contribution in [0.2, 0.25) is 0 Å². The fraction of sp³-hybridized carbons (Fsp3) is 0.929. The average molecular weight is 238 g/mol. The zero-order valence-corrected chi connectivity index (χ0v) is 11.3. The van der Waals surface area contributed by atoms with E-state index in [0.29, 0.717) is 6.03 Å². The lowest BCUT2D eigenvalue weighted by atomic mass is 9.99. The summed E-state index contributed by atoms with van der Waals surface area (Å²) in [5, 5.41) is 0. The number of carbonyl (C=O) groups excluding carboxylic acids is 1. The van der Waals surface area contributed by atoms with Crippen molar-refractivity contribution in [3.8, 4) is 0 Å². The van der Waals surface area contributed by atoms with Gasteiger partial charge in [0, 0.05) is 26.2 Å². The van der Waals surface area contributed by atoms with Crippen LogP contribution in [0.1, 0.15) is 46.0 Å². The van der Waals surface area contributed by atoms with Crippen molar-refractivity contribution in [1.82, 2.24) is 9.80 Å². The van der Waals surface area contributed by atoms with Gasteiger partial charge in [-0.1, -0.05) is 13.8 Å². The van der Waals surface area contributed by atoms with E-state index in [1.807, 2.05) is 0 Å². The molecule has 0 aromatic carbocycles. The molecule has 2 saturated heterocycles. The van der Waals surface area contributed by atoms with Crippen LogP contribution in [0.15, 0.2) is 0 Å². The minimum absolute atomic E-state index is 0.297. The molecule has 0 N–H and O–H groups in total. The first-order chi connectivity index (χ1) is 8.16. The Bertz CT molecular complexity index is 259. The van der Waals surface area contributed by atoms with Crippen LogP contribution in [-0.2, 0) is 0 Å². The van der Waals surface area contributed by atoms with Crippen molar-refractivity contribution >= 4 is 6.03 Å². The topological polar surface area (TPSA) is 23.6 Å². The fourth-order valence-electron chi connectivity index (χ4n) is 2.85. The van der Waals surface area contributed by atoms with Crippen LogP contribution < -0.4 is 0 Å². The molecule has 98 valence electrons. The number of carbonyl (C=O) groups is 1. The molecule has 0 aliphatic carbocycles. The van der Waals surface area contributed by atoms with Crippen molar-refractivity contribution in [2.24, 2.45) is 11.8 Å². The Balaban J connectivity index is 1.86. The highest BCUT2D eigenvalue weighted by atomic mass is 16.2. The summed E-state index contributed by atoms with van der Waals surface area (Å²) < 4.78 is 0. The van der Waals surface area contributed by atoms with Gasteiger partial charge in [0.1, 0.15) is 0 Å². The van der Waals surface area contributed by atoms with Crippen molar-refractivity contribution in [3.63, 3.8) is 0 Å². The Morgan fingerprint density at radius 2 is 1.29 bits per heavy atom. The highest BCUT2D eigenvalue weighted by Gasteiger charge is 2.25. The summed E-state index contributed by atoms with van der Waals surface area (Å²) in [5.41, 5.74) is 0. The van der Waals surface area contributed by atoms with Crippen LogP contribution in [0.4, 0.5) is 4.79 Å². The number of piperidine rings is 1. The maximum absolute atomic E-state index is 12.4. The predicted octanol–water partition coefficient (Wildman–Crippen LogP) is 2.96. The van der Waals surface area contributed by atoms with Gasteiger partial charge >= 0.3 is 6.03 Å². The van der Waals surface area contributed by atoms with E-state index in [4.69, 9.17) is 0 Å². The first-order valence-corrected chi connectivity index (χ1v) is 7.20. The average Bonchev–Trinajstić information content (AvgIpc) is 2.54. The highest BCUT2D eigenvalue weighted by molar-refractivity contribution is 5.74. The van der Waals surface area contributed by atoms with Crippen LogP contribution in [0.3, 0.4) is 0 Å². The lowest BCUT2D eigenvalue weighted by molar-refractivity contribution is 0.135. The number of nitrogens with zero attached hydrogens (tertiary/aromatic N) is 2. The number of hydrogen-bond acceptors (Lipinski definition) is 1. The third-order valence-corrected chi connectivity index (χ3v) is 4.34. The number of amides is 2. The van der Waals surface area contributed by atoms with E-state index in [-0.39, 0.29) is 0 Å². The fourth-order valence-corrected chi connectivity index (χ4v) is 2.85. The van der Waals surface area contributed by atoms with E-state index in [1.165, 1.54) is 32.1 Å². The second kappa shape index (κ2) is 5.74. The van der Waals surface area contributed by atoms with Crippen LogP contribution in [0.5, 0.6) is 0 Å². The minimum atomic E-state index is 0.297. The number of hydrogen-bond donors (Lipinski definition) is 0. The van der Waals surface area contributed by atoms with Gasteiger partial charge in [-0.2, -0.15) is 0 Å². The summed E-state index contributed by atoms with van der Waals surface area (Å²) in [6, 6.07) is 0.297. The van der Waals surface area contributed by atoms with Gasteiger partial charge in [0.15, 0.2) is 0 Å². The molecule has 2 heterocycles. The van der Waals surface area contributed by atoms with Gasteiger partial charge < -0.3 is 9.80 Å². The van der Waals surface area contributed by atoms with E-state index < -0.39 is 0 Å². The van der Waals surface area contributed by atoms with Crippen LogP contribution in [-0.4, -0.2) is 42.0 Å². The molecule has 17 heavy (non-hydrogen) atoms. The zero-order chi connectivity index (χ0) is 12.3. The molecule has 1 unspecified atom stereocenters. The molecule has 2 rings (SSSR count). The van der Waals surface area contributed by atoms with Crippen molar-refractivity contribution < 1.29 is 4.79 Å². The third kappa shape index (κ3) is 3.36. The molecule has 3 nitrogen and oxygen atoms in total. The molecule has 0 radical (unpaired) electrons. The van der Waals surface area contributed by atoms with Crippen LogP contribution >= 0.6 is 0 Å². The lowest BCUT2D eigenvalue weighted by Gasteiger charge is -2.34. The van der Waals surface area contributed by atoms with Crippen molar-refractivity contribution in [2.45, 2.75) is 46.0 Å². The SMILES string of the molecule is CC1CCCN(C(=O)N2CCC(C)CC2)CC1. The monoisotopic (exact) mass is 238 g/mol. The first kappa shape index (κ1) is 12.7. The van der Waals surface area contributed by atoms with E-state index in [1.54, 1.807) is 0 Å². The van der Waals surface area contributed by atoms with E-state index >= 15 is 0 Å². The summed E-state index contributed by atoms with van der Waals surface area (Å²) in [7, 11) is 0. The second-order valence-electron chi connectivity index (χ2n) is 5.98. The maximum Gasteiger partial charge on any atom is 0.319 e. The van der Waals surface area contributed by atoms with E-state index in [0.717, 1.165) is 38.0 Å². The smallest absolute Gasteiger partial charge is 0.319 e. The first-order valence-electron chi connectivity index (χ1n) is 7.20. The largest absolute Gasteiger partial charge is 0.325 e. The van der Waals surface area contributed by atoms with Gasteiger partial charge in [-0.25, -0.2) is 4.79 Å². The van der Waals surface area contributed by atoms with Gasteiger partial charge in [-0.3, -0.25) is 0 Å². The van der Waals surface area contributed by atoms with Gasteiger partial charge in [0.05, 0.1) is 0 Å². The molecule has 0 aromatic heterocycles. The van der Waals surface area contributed by atoms with Crippen molar-refractivity contribution in [2.75, 3.05) is 26.2 Å². The van der Waals surface area contributed by atoms with Gasteiger partial charge in [0.2, 0.25) is 0 Å². The van der Waals surface area contributed by atoms with Crippen molar-refractivity contribution in [1.29, 1.82) is 0 Å². The van der Waals surface area contributed by atoms with Gasteiger partial charge in [-0.15, -0.1) is 0 Å². The highest BCUT2D eigenvalue weighted by Crippen LogP contribution is 2.20. The minimum Gasteiger partial charge on any atom is -0.325 e. The third-order valence-electron chi connectivity index (χ3n) is 4.34. The Hall–Kier alpha value is -0.730. The normalized spacial score (nSPS) is 28.0. The second-order valence-corrected chi connectivity index (χ2v) is 5.98. The molecule has 2 fully saturated rings. The molecule has 0 spiro atoms. The van der Waals surface area contributed by atoms with E-state index in [2.05, 4.69) is 23.6 Å². The lowest BCUT2D eigenvalue weighted by Crippen LogP contribution is -2.46. The zero-order valence-electron chi connectivity index (χ0n) is 11.3. The number of rotatable bonds is 0. The molecule has 2 aliphatic heterocycles. The number of likely N-dealkylation sites (tertiary alicyclic amines) is 2. The summed E-state index contributed by atoms with van der Waals surface area (Å²) in [6.45, 7) is 8.45. The van der Waals surface area contributed by atoms with Crippen molar-refractivity contribution in [3.05, 3.63) is 0 Å². The van der Waals surface area contributed by atoms with Crippen LogP contribution in [0.25, 0.3) is 0 Å². The molecule has 0 saturated carbocycles. The quantitative estimate of drug-likeness (QED) is 0.636. The Labute approximate surface area is 105 Å². The Kier molecular flexibility index (Phi) is 4.30. The predicted molar refractivity (Wildman–Crippen MR) is 70.0 cm³/mol. The standard InChI is InChI=1S/C14H26N2O/c1-12-4-3-8-15(9-5-12)14(17)16-10-6-13(2)7-11-16/h12-13H,3-11H2,1-2H3. The molecule has 0 aromatic rings. The molecule has 2 amide bonds. The maximum atomic E-state index is 12.4.